The highest BCUT2D eigenvalue weighted by atomic mass is 16.1. The maximum Gasteiger partial charge on any atom is 0.251 e. The molecule has 0 saturated carbocycles. The van der Waals surface area contributed by atoms with Crippen LogP contribution in [0.3, 0.4) is 0 Å². The highest BCUT2D eigenvalue weighted by Gasteiger charge is 2.11. The topological polar surface area (TPSA) is 32.3 Å². The zero-order valence-electron chi connectivity index (χ0n) is 13.5. The van der Waals surface area contributed by atoms with Crippen LogP contribution in [0.2, 0.25) is 0 Å². The van der Waals surface area contributed by atoms with Crippen molar-refractivity contribution in [2.75, 3.05) is 13.1 Å². The number of rotatable bonds is 5. The van der Waals surface area contributed by atoms with Gasteiger partial charge in [0.15, 0.2) is 0 Å². The molecule has 0 spiro atoms. The van der Waals surface area contributed by atoms with Gasteiger partial charge in [0.1, 0.15) is 0 Å². The van der Waals surface area contributed by atoms with Crippen molar-refractivity contribution < 1.29 is 4.79 Å². The molecule has 0 atom stereocenters. The first kappa shape index (κ1) is 15.8. The quantitative estimate of drug-likeness (QED) is 0.915. The van der Waals surface area contributed by atoms with E-state index in [-0.39, 0.29) is 5.91 Å². The fourth-order valence-electron chi connectivity index (χ4n) is 3.02. The number of hydrogen-bond donors (Lipinski definition) is 1. The lowest BCUT2D eigenvalue weighted by Gasteiger charge is -2.26. The van der Waals surface area contributed by atoms with Crippen molar-refractivity contribution in [2.24, 2.45) is 0 Å². The molecule has 23 heavy (non-hydrogen) atoms. The van der Waals surface area contributed by atoms with Crippen LogP contribution in [0, 0.1) is 0 Å². The Kier molecular flexibility index (Phi) is 5.43. The van der Waals surface area contributed by atoms with Crippen LogP contribution in [0.25, 0.3) is 0 Å². The number of carbonyl (C=O) groups is 1. The number of piperidine rings is 1. The predicted molar refractivity (Wildman–Crippen MR) is 93.2 cm³/mol. The third-order valence-electron chi connectivity index (χ3n) is 4.37. The fourth-order valence-corrected chi connectivity index (χ4v) is 3.02. The van der Waals surface area contributed by atoms with Crippen LogP contribution in [0.5, 0.6) is 0 Å². The second kappa shape index (κ2) is 7.93. The van der Waals surface area contributed by atoms with Gasteiger partial charge in [-0.3, -0.25) is 9.69 Å². The van der Waals surface area contributed by atoms with E-state index < -0.39 is 0 Å². The van der Waals surface area contributed by atoms with E-state index >= 15 is 0 Å². The van der Waals surface area contributed by atoms with Crippen molar-refractivity contribution in [2.45, 2.75) is 32.4 Å². The van der Waals surface area contributed by atoms with Crippen LogP contribution in [-0.2, 0) is 13.1 Å². The van der Waals surface area contributed by atoms with Crippen molar-refractivity contribution in [3.8, 4) is 0 Å². The summed E-state index contributed by atoms with van der Waals surface area (Å²) in [7, 11) is 0. The SMILES string of the molecule is O=C(NCc1ccccc1)c1ccc(CN2CCCCC2)cc1. The molecular formula is C20H24N2O. The van der Waals surface area contributed by atoms with Gasteiger partial charge in [-0.1, -0.05) is 48.9 Å². The first-order valence-electron chi connectivity index (χ1n) is 8.45. The Morgan fingerprint density at radius 2 is 1.57 bits per heavy atom. The van der Waals surface area contributed by atoms with Gasteiger partial charge >= 0.3 is 0 Å². The maximum atomic E-state index is 12.2. The minimum Gasteiger partial charge on any atom is -0.348 e. The smallest absolute Gasteiger partial charge is 0.251 e. The highest BCUT2D eigenvalue weighted by molar-refractivity contribution is 5.94. The lowest BCUT2D eigenvalue weighted by atomic mass is 10.1. The molecule has 0 unspecified atom stereocenters. The molecule has 3 nitrogen and oxygen atoms in total. The van der Waals surface area contributed by atoms with Gasteiger partial charge in [0.05, 0.1) is 0 Å². The molecule has 1 fully saturated rings. The molecule has 1 N–H and O–H groups in total. The van der Waals surface area contributed by atoms with Gasteiger partial charge in [-0.2, -0.15) is 0 Å². The van der Waals surface area contributed by atoms with Gasteiger partial charge in [0.2, 0.25) is 0 Å². The molecule has 1 heterocycles. The number of hydrogen-bond acceptors (Lipinski definition) is 2. The van der Waals surface area contributed by atoms with Gasteiger partial charge in [-0.25, -0.2) is 0 Å². The fraction of sp³-hybridized carbons (Fsp3) is 0.350. The minimum absolute atomic E-state index is 0.0154. The average Bonchev–Trinajstić information content (AvgIpc) is 2.62. The molecule has 1 aliphatic heterocycles. The normalized spacial score (nSPS) is 15.3. The van der Waals surface area contributed by atoms with Gasteiger partial charge in [-0.15, -0.1) is 0 Å². The molecule has 120 valence electrons. The first-order chi connectivity index (χ1) is 11.3. The van der Waals surface area contributed by atoms with Crippen LogP contribution in [0.1, 0.15) is 40.7 Å². The highest BCUT2D eigenvalue weighted by Crippen LogP contribution is 2.13. The van der Waals surface area contributed by atoms with Crippen LogP contribution < -0.4 is 5.32 Å². The van der Waals surface area contributed by atoms with E-state index in [1.165, 1.54) is 37.9 Å². The lowest BCUT2D eigenvalue weighted by Crippen LogP contribution is -2.29. The van der Waals surface area contributed by atoms with Crippen LogP contribution in [-0.4, -0.2) is 23.9 Å². The Morgan fingerprint density at radius 1 is 0.870 bits per heavy atom. The summed E-state index contributed by atoms with van der Waals surface area (Å²) >= 11 is 0. The van der Waals surface area contributed by atoms with E-state index in [1.807, 2.05) is 42.5 Å². The molecule has 0 bridgehead atoms. The van der Waals surface area contributed by atoms with Crippen molar-refractivity contribution >= 4 is 5.91 Å². The summed E-state index contributed by atoms with van der Waals surface area (Å²) in [6.07, 6.45) is 3.97. The second-order valence-corrected chi connectivity index (χ2v) is 6.20. The number of nitrogens with zero attached hydrogens (tertiary/aromatic N) is 1. The molecule has 3 rings (SSSR count). The van der Waals surface area contributed by atoms with E-state index in [2.05, 4.69) is 22.3 Å². The summed E-state index contributed by atoms with van der Waals surface area (Å²) in [5.74, 6) is -0.0154. The molecule has 2 aromatic carbocycles. The third kappa shape index (κ3) is 4.67. The molecule has 3 heteroatoms. The molecule has 1 saturated heterocycles. The number of benzene rings is 2. The largest absolute Gasteiger partial charge is 0.348 e. The number of likely N-dealkylation sites (tertiary alicyclic amines) is 1. The van der Waals surface area contributed by atoms with Crippen molar-refractivity contribution in [1.82, 2.24) is 10.2 Å². The zero-order valence-corrected chi connectivity index (χ0v) is 13.5. The Balaban J connectivity index is 1.52. The van der Waals surface area contributed by atoms with Crippen molar-refractivity contribution in [1.29, 1.82) is 0 Å². The van der Waals surface area contributed by atoms with Crippen molar-refractivity contribution in [3.63, 3.8) is 0 Å². The lowest BCUT2D eigenvalue weighted by molar-refractivity contribution is 0.0951. The van der Waals surface area contributed by atoms with Crippen molar-refractivity contribution in [3.05, 3.63) is 71.3 Å². The molecule has 2 aromatic rings. The van der Waals surface area contributed by atoms with Crippen LogP contribution >= 0.6 is 0 Å². The molecule has 1 amide bonds. The summed E-state index contributed by atoms with van der Waals surface area (Å²) in [5.41, 5.74) is 3.12. The molecule has 1 aliphatic rings. The minimum atomic E-state index is -0.0154. The van der Waals surface area contributed by atoms with Gasteiger partial charge in [-0.05, 0) is 49.2 Å². The Bertz CT molecular complexity index is 616. The Morgan fingerprint density at radius 3 is 2.26 bits per heavy atom. The number of nitrogens with one attached hydrogen (secondary N) is 1. The van der Waals surface area contributed by atoms with E-state index in [1.54, 1.807) is 0 Å². The Hall–Kier alpha value is -2.13. The third-order valence-corrected chi connectivity index (χ3v) is 4.37. The monoisotopic (exact) mass is 308 g/mol. The van der Waals surface area contributed by atoms with E-state index in [0.29, 0.717) is 6.54 Å². The van der Waals surface area contributed by atoms with Gasteiger partial charge < -0.3 is 5.32 Å². The number of carbonyl (C=O) groups excluding carboxylic acids is 1. The Labute approximate surface area is 138 Å². The second-order valence-electron chi connectivity index (χ2n) is 6.20. The molecule has 0 aliphatic carbocycles. The first-order valence-corrected chi connectivity index (χ1v) is 8.45. The average molecular weight is 308 g/mol. The van der Waals surface area contributed by atoms with E-state index in [0.717, 1.165) is 17.7 Å². The summed E-state index contributed by atoms with van der Waals surface area (Å²) in [6, 6.07) is 18.0. The summed E-state index contributed by atoms with van der Waals surface area (Å²) in [4.78, 5) is 14.7. The molecule has 0 aromatic heterocycles. The molecular weight excluding hydrogens is 284 g/mol. The number of amides is 1. The summed E-state index contributed by atoms with van der Waals surface area (Å²) in [5, 5.41) is 2.97. The zero-order chi connectivity index (χ0) is 15.9. The van der Waals surface area contributed by atoms with Gasteiger partial charge in [0.25, 0.3) is 5.91 Å². The summed E-state index contributed by atoms with van der Waals surface area (Å²) in [6.45, 7) is 3.94. The standard InChI is InChI=1S/C20H24N2O/c23-20(21-15-17-7-3-1-4-8-17)19-11-9-18(10-12-19)16-22-13-5-2-6-14-22/h1,3-4,7-12H,2,5-6,13-16H2,(H,21,23). The molecule has 0 radical (unpaired) electrons. The van der Waals surface area contributed by atoms with Crippen LogP contribution in [0.4, 0.5) is 0 Å². The van der Waals surface area contributed by atoms with Gasteiger partial charge in [0, 0.05) is 18.7 Å². The van der Waals surface area contributed by atoms with E-state index in [9.17, 15) is 4.79 Å². The predicted octanol–water partition coefficient (Wildman–Crippen LogP) is 3.60. The maximum absolute atomic E-state index is 12.2. The summed E-state index contributed by atoms with van der Waals surface area (Å²) < 4.78 is 0. The van der Waals surface area contributed by atoms with Crippen LogP contribution in [0.15, 0.2) is 54.6 Å². The van der Waals surface area contributed by atoms with E-state index in [4.69, 9.17) is 0 Å².